The standard InChI is InChI=1S/C19H27N3O2/c1-14-5-7-15(8-6-14)18-10-20-19(24-18)13-21(2)11-16-9-17(23-4)12-22(16)3/h5-8,10,16-17H,9,11-13H2,1-4H3/t16-,17-/m0/s1. The zero-order chi connectivity index (χ0) is 17.1. The summed E-state index contributed by atoms with van der Waals surface area (Å²) in [6, 6.07) is 8.84. The zero-order valence-corrected chi connectivity index (χ0v) is 15.0. The highest BCUT2D eigenvalue weighted by atomic mass is 16.5. The molecule has 0 spiro atoms. The molecule has 1 aromatic heterocycles. The van der Waals surface area contributed by atoms with Gasteiger partial charge >= 0.3 is 0 Å². The maximum absolute atomic E-state index is 5.92. The molecule has 1 aliphatic rings. The van der Waals surface area contributed by atoms with Crippen LogP contribution >= 0.6 is 0 Å². The molecule has 5 nitrogen and oxygen atoms in total. The number of oxazole rings is 1. The number of likely N-dealkylation sites (N-methyl/N-ethyl adjacent to an activating group) is 2. The van der Waals surface area contributed by atoms with E-state index in [1.54, 1.807) is 7.11 Å². The molecule has 0 bridgehead atoms. The van der Waals surface area contributed by atoms with Crippen molar-refractivity contribution in [3.63, 3.8) is 0 Å². The summed E-state index contributed by atoms with van der Waals surface area (Å²) in [7, 11) is 6.08. The first-order valence-electron chi connectivity index (χ1n) is 8.48. The van der Waals surface area contributed by atoms with E-state index in [1.165, 1.54) is 5.56 Å². The largest absolute Gasteiger partial charge is 0.439 e. The Morgan fingerprint density at radius 2 is 2.08 bits per heavy atom. The van der Waals surface area contributed by atoms with Crippen LogP contribution in [-0.2, 0) is 11.3 Å². The van der Waals surface area contributed by atoms with Crippen LogP contribution in [0.25, 0.3) is 11.3 Å². The Morgan fingerprint density at radius 1 is 1.33 bits per heavy atom. The zero-order valence-electron chi connectivity index (χ0n) is 15.0. The highest BCUT2D eigenvalue weighted by Gasteiger charge is 2.30. The molecule has 2 atom stereocenters. The van der Waals surface area contributed by atoms with Crippen LogP contribution in [0.4, 0.5) is 0 Å². The van der Waals surface area contributed by atoms with Gasteiger partial charge in [0.1, 0.15) is 0 Å². The highest BCUT2D eigenvalue weighted by molar-refractivity contribution is 5.56. The minimum atomic E-state index is 0.350. The van der Waals surface area contributed by atoms with Crippen molar-refractivity contribution in [2.24, 2.45) is 0 Å². The Hall–Kier alpha value is -1.69. The van der Waals surface area contributed by atoms with Crippen LogP contribution in [0.2, 0.25) is 0 Å². The summed E-state index contributed by atoms with van der Waals surface area (Å²) in [5, 5.41) is 0. The smallest absolute Gasteiger partial charge is 0.209 e. The molecule has 1 aliphatic heterocycles. The van der Waals surface area contributed by atoms with E-state index in [4.69, 9.17) is 9.15 Å². The summed E-state index contributed by atoms with van der Waals surface area (Å²) in [5.74, 6) is 1.59. The first-order chi connectivity index (χ1) is 11.5. The molecule has 5 heteroatoms. The van der Waals surface area contributed by atoms with E-state index in [-0.39, 0.29) is 0 Å². The van der Waals surface area contributed by atoms with E-state index in [2.05, 4.69) is 60.1 Å². The van der Waals surface area contributed by atoms with Crippen LogP contribution in [0.3, 0.4) is 0 Å². The van der Waals surface area contributed by atoms with Crippen molar-refractivity contribution in [3.8, 4) is 11.3 Å². The Labute approximate surface area is 144 Å². The molecular formula is C19H27N3O2. The topological polar surface area (TPSA) is 41.7 Å². The highest BCUT2D eigenvalue weighted by Crippen LogP contribution is 2.22. The number of hydrogen-bond donors (Lipinski definition) is 0. The average molecular weight is 329 g/mol. The molecule has 130 valence electrons. The lowest BCUT2D eigenvalue weighted by atomic mass is 10.1. The third-order valence-corrected chi connectivity index (χ3v) is 4.80. The quantitative estimate of drug-likeness (QED) is 0.815. The van der Waals surface area contributed by atoms with Crippen molar-refractivity contribution in [2.75, 3.05) is 34.3 Å². The fraction of sp³-hybridized carbons (Fsp3) is 0.526. The lowest BCUT2D eigenvalue weighted by molar-refractivity contribution is 0.111. The number of methoxy groups -OCH3 is 1. The number of aromatic nitrogens is 1. The molecule has 0 radical (unpaired) electrons. The summed E-state index contributed by atoms with van der Waals surface area (Å²) in [4.78, 5) is 9.07. The summed E-state index contributed by atoms with van der Waals surface area (Å²) in [6.45, 7) is 4.79. The number of hydrogen-bond acceptors (Lipinski definition) is 5. The van der Waals surface area contributed by atoms with Gasteiger partial charge in [0.15, 0.2) is 5.76 Å². The molecule has 0 unspecified atom stereocenters. The monoisotopic (exact) mass is 329 g/mol. The van der Waals surface area contributed by atoms with Gasteiger partial charge < -0.3 is 9.15 Å². The van der Waals surface area contributed by atoms with Crippen LogP contribution in [0.1, 0.15) is 17.9 Å². The third kappa shape index (κ3) is 4.04. The minimum Gasteiger partial charge on any atom is -0.439 e. The molecule has 2 heterocycles. The van der Waals surface area contributed by atoms with Crippen LogP contribution in [0.5, 0.6) is 0 Å². The first-order valence-corrected chi connectivity index (χ1v) is 8.48. The minimum absolute atomic E-state index is 0.350. The van der Waals surface area contributed by atoms with Gasteiger partial charge in [-0.1, -0.05) is 29.8 Å². The third-order valence-electron chi connectivity index (χ3n) is 4.80. The van der Waals surface area contributed by atoms with Crippen molar-refractivity contribution in [1.82, 2.24) is 14.8 Å². The van der Waals surface area contributed by atoms with Crippen molar-refractivity contribution in [1.29, 1.82) is 0 Å². The second kappa shape index (κ2) is 7.47. The second-order valence-corrected chi connectivity index (χ2v) is 6.87. The predicted octanol–water partition coefficient (Wildman–Crippen LogP) is 2.80. The van der Waals surface area contributed by atoms with E-state index in [1.807, 2.05) is 6.20 Å². The maximum Gasteiger partial charge on any atom is 0.209 e. The van der Waals surface area contributed by atoms with E-state index in [9.17, 15) is 0 Å². The fourth-order valence-corrected chi connectivity index (χ4v) is 3.30. The van der Waals surface area contributed by atoms with Crippen molar-refractivity contribution in [3.05, 3.63) is 41.9 Å². The van der Waals surface area contributed by atoms with Gasteiger partial charge in [-0.3, -0.25) is 9.80 Å². The normalized spacial score (nSPS) is 21.7. The number of benzene rings is 1. The summed E-state index contributed by atoms with van der Waals surface area (Å²) >= 11 is 0. The van der Waals surface area contributed by atoms with Crippen LogP contribution in [0.15, 0.2) is 34.9 Å². The number of aryl methyl sites for hydroxylation is 1. The molecule has 2 aromatic rings. The van der Waals surface area contributed by atoms with Crippen molar-refractivity contribution >= 4 is 0 Å². The van der Waals surface area contributed by atoms with Crippen LogP contribution < -0.4 is 0 Å². The summed E-state index contributed by atoms with van der Waals surface area (Å²) < 4.78 is 11.4. The molecule has 24 heavy (non-hydrogen) atoms. The Morgan fingerprint density at radius 3 is 2.75 bits per heavy atom. The Kier molecular flexibility index (Phi) is 5.33. The SMILES string of the molecule is CO[C@H]1C[C@@H](CN(C)Cc2ncc(-c3ccc(C)cc3)o2)N(C)C1. The van der Waals surface area contributed by atoms with E-state index in [0.29, 0.717) is 18.7 Å². The van der Waals surface area contributed by atoms with Gasteiger partial charge in [0.2, 0.25) is 5.89 Å². The number of rotatable bonds is 6. The van der Waals surface area contributed by atoms with Gasteiger partial charge in [0.05, 0.1) is 18.8 Å². The summed E-state index contributed by atoms with van der Waals surface area (Å²) in [6.07, 6.45) is 3.25. The lowest BCUT2D eigenvalue weighted by Crippen LogP contribution is -2.36. The van der Waals surface area contributed by atoms with Gasteiger partial charge in [0.25, 0.3) is 0 Å². The van der Waals surface area contributed by atoms with Gasteiger partial charge in [0, 0.05) is 31.8 Å². The van der Waals surface area contributed by atoms with Crippen LogP contribution in [0, 0.1) is 6.92 Å². The predicted molar refractivity (Wildman–Crippen MR) is 94.8 cm³/mol. The Bertz CT molecular complexity index is 653. The molecule has 1 saturated heterocycles. The molecule has 0 aliphatic carbocycles. The van der Waals surface area contributed by atoms with Gasteiger partial charge in [-0.15, -0.1) is 0 Å². The van der Waals surface area contributed by atoms with Gasteiger partial charge in [-0.25, -0.2) is 4.98 Å². The molecule has 1 aromatic carbocycles. The molecule has 3 rings (SSSR count). The average Bonchev–Trinajstić information content (AvgIpc) is 3.15. The van der Waals surface area contributed by atoms with Crippen LogP contribution in [-0.4, -0.2) is 61.2 Å². The lowest BCUT2D eigenvalue weighted by Gasteiger charge is -2.24. The fourth-order valence-electron chi connectivity index (χ4n) is 3.30. The molecule has 0 N–H and O–H groups in total. The Balaban J connectivity index is 1.57. The molecule has 0 saturated carbocycles. The summed E-state index contributed by atoms with van der Waals surface area (Å²) in [5.41, 5.74) is 2.31. The van der Waals surface area contributed by atoms with Crippen molar-refractivity contribution in [2.45, 2.75) is 32.0 Å². The number of likely N-dealkylation sites (tertiary alicyclic amines) is 1. The van der Waals surface area contributed by atoms with Gasteiger partial charge in [-0.2, -0.15) is 0 Å². The van der Waals surface area contributed by atoms with Gasteiger partial charge in [-0.05, 0) is 27.4 Å². The molecular weight excluding hydrogens is 302 g/mol. The van der Waals surface area contributed by atoms with Crippen molar-refractivity contribution < 1.29 is 9.15 Å². The number of nitrogens with zero attached hydrogens (tertiary/aromatic N) is 3. The molecule has 1 fully saturated rings. The van der Waals surface area contributed by atoms with E-state index in [0.717, 1.165) is 36.7 Å². The number of ether oxygens (including phenoxy) is 1. The van der Waals surface area contributed by atoms with E-state index < -0.39 is 0 Å². The maximum atomic E-state index is 5.92. The first kappa shape index (κ1) is 17.1. The second-order valence-electron chi connectivity index (χ2n) is 6.87. The van der Waals surface area contributed by atoms with E-state index >= 15 is 0 Å². The molecule has 0 amide bonds.